The fraction of sp³-hybridized carbons (Fsp3) is 0.429. The number of oxazole rings is 1. The Morgan fingerprint density at radius 3 is 3.25 bits per heavy atom. The van der Waals surface area contributed by atoms with Crippen LogP contribution < -0.4 is 5.32 Å². The number of carbonyl (C=O) groups excluding carboxylic acids is 1. The SMILES string of the molecule is CN1CCCC(NC(=O)c2ncoc2-c2cccs2)C1. The number of rotatable bonds is 3. The Kier molecular flexibility index (Phi) is 3.84. The second-order valence-corrected chi connectivity index (χ2v) is 6.03. The molecule has 1 saturated heterocycles. The lowest BCUT2D eigenvalue weighted by atomic mass is 10.1. The molecule has 0 spiro atoms. The molecule has 1 aliphatic rings. The molecule has 0 bridgehead atoms. The van der Waals surface area contributed by atoms with E-state index in [4.69, 9.17) is 4.42 Å². The molecule has 0 saturated carbocycles. The second-order valence-electron chi connectivity index (χ2n) is 5.08. The van der Waals surface area contributed by atoms with E-state index in [1.165, 1.54) is 17.7 Å². The number of amides is 1. The van der Waals surface area contributed by atoms with Gasteiger partial charge in [0, 0.05) is 12.6 Å². The zero-order valence-corrected chi connectivity index (χ0v) is 12.2. The summed E-state index contributed by atoms with van der Waals surface area (Å²) < 4.78 is 5.37. The summed E-state index contributed by atoms with van der Waals surface area (Å²) in [6.45, 7) is 1.98. The van der Waals surface area contributed by atoms with Gasteiger partial charge in [0.2, 0.25) is 0 Å². The van der Waals surface area contributed by atoms with Gasteiger partial charge in [-0.25, -0.2) is 4.98 Å². The summed E-state index contributed by atoms with van der Waals surface area (Å²) in [5.74, 6) is 0.407. The fourth-order valence-corrected chi connectivity index (χ4v) is 3.24. The van der Waals surface area contributed by atoms with Crippen LogP contribution in [0.1, 0.15) is 23.3 Å². The molecule has 0 aliphatic carbocycles. The number of thiophene rings is 1. The van der Waals surface area contributed by atoms with Crippen molar-refractivity contribution in [2.45, 2.75) is 18.9 Å². The molecule has 1 N–H and O–H groups in total. The molecule has 20 heavy (non-hydrogen) atoms. The van der Waals surface area contributed by atoms with Gasteiger partial charge in [0.1, 0.15) is 0 Å². The Labute approximate surface area is 121 Å². The number of nitrogens with zero attached hydrogens (tertiary/aromatic N) is 2. The molecule has 1 fully saturated rings. The van der Waals surface area contributed by atoms with Crippen molar-refractivity contribution in [3.05, 3.63) is 29.6 Å². The third-order valence-electron chi connectivity index (χ3n) is 3.49. The molecule has 2 aromatic heterocycles. The topological polar surface area (TPSA) is 58.4 Å². The highest BCUT2D eigenvalue weighted by atomic mass is 32.1. The molecule has 0 radical (unpaired) electrons. The standard InChI is InChI=1S/C14H17N3O2S/c1-17-6-2-4-10(8-17)16-14(18)12-13(19-9-15-12)11-5-3-7-20-11/h3,5,7,9-10H,2,4,6,8H2,1H3,(H,16,18). The van der Waals surface area contributed by atoms with Gasteiger partial charge >= 0.3 is 0 Å². The van der Waals surface area contributed by atoms with Gasteiger partial charge in [0.05, 0.1) is 4.88 Å². The second kappa shape index (κ2) is 5.76. The first-order valence-corrected chi connectivity index (χ1v) is 7.59. The minimum absolute atomic E-state index is 0.151. The molecule has 3 heterocycles. The van der Waals surface area contributed by atoms with E-state index in [9.17, 15) is 4.79 Å². The van der Waals surface area contributed by atoms with Gasteiger partial charge in [0.25, 0.3) is 5.91 Å². The maximum Gasteiger partial charge on any atom is 0.274 e. The van der Waals surface area contributed by atoms with E-state index in [1.807, 2.05) is 17.5 Å². The van der Waals surface area contributed by atoms with Crippen molar-refractivity contribution in [3.8, 4) is 10.6 Å². The molecule has 1 unspecified atom stereocenters. The lowest BCUT2D eigenvalue weighted by molar-refractivity contribution is 0.0908. The summed E-state index contributed by atoms with van der Waals surface area (Å²) in [6, 6.07) is 4.05. The minimum atomic E-state index is -0.151. The molecule has 1 aliphatic heterocycles. The first kappa shape index (κ1) is 13.3. The summed E-state index contributed by atoms with van der Waals surface area (Å²) >= 11 is 1.54. The summed E-state index contributed by atoms with van der Waals surface area (Å²) in [4.78, 5) is 19.6. The van der Waals surface area contributed by atoms with Gasteiger partial charge in [-0.3, -0.25) is 4.79 Å². The van der Waals surface area contributed by atoms with Crippen LogP contribution in [0.2, 0.25) is 0 Å². The van der Waals surface area contributed by atoms with E-state index in [2.05, 4.69) is 22.2 Å². The van der Waals surface area contributed by atoms with Crippen LogP contribution in [0, 0.1) is 0 Å². The van der Waals surface area contributed by atoms with Crippen molar-refractivity contribution in [1.82, 2.24) is 15.2 Å². The molecule has 6 heteroatoms. The van der Waals surface area contributed by atoms with Crippen molar-refractivity contribution in [2.75, 3.05) is 20.1 Å². The molecule has 1 atom stereocenters. The number of likely N-dealkylation sites (tertiary alicyclic amines) is 1. The lowest BCUT2D eigenvalue weighted by Crippen LogP contribution is -2.46. The molecular weight excluding hydrogens is 274 g/mol. The average molecular weight is 291 g/mol. The van der Waals surface area contributed by atoms with Gasteiger partial charge < -0.3 is 14.6 Å². The Bertz CT molecular complexity index is 579. The van der Waals surface area contributed by atoms with Crippen molar-refractivity contribution in [1.29, 1.82) is 0 Å². The highest BCUT2D eigenvalue weighted by Crippen LogP contribution is 2.27. The van der Waals surface area contributed by atoms with E-state index < -0.39 is 0 Å². The number of carbonyl (C=O) groups is 1. The first-order valence-electron chi connectivity index (χ1n) is 6.71. The summed E-state index contributed by atoms with van der Waals surface area (Å²) in [5.41, 5.74) is 0.376. The van der Waals surface area contributed by atoms with Crippen LogP contribution in [0.4, 0.5) is 0 Å². The first-order chi connectivity index (χ1) is 9.74. The Morgan fingerprint density at radius 1 is 1.60 bits per heavy atom. The van der Waals surface area contributed by atoms with Crippen molar-refractivity contribution < 1.29 is 9.21 Å². The smallest absolute Gasteiger partial charge is 0.274 e. The maximum atomic E-state index is 12.3. The van der Waals surface area contributed by atoms with E-state index in [0.717, 1.165) is 30.8 Å². The van der Waals surface area contributed by atoms with E-state index >= 15 is 0 Å². The number of aromatic nitrogens is 1. The quantitative estimate of drug-likeness (QED) is 0.942. The normalized spacial score (nSPS) is 19.9. The summed E-state index contributed by atoms with van der Waals surface area (Å²) in [5, 5.41) is 5.01. The number of piperidine rings is 1. The van der Waals surface area contributed by atoms with Gasteiger partial charge in [-0.05, 0) is 37.9 Å². The number of nitrogens with one attached hydrogen (secondary N) is 1. The van der Waals surface area contributed by atoms with Crippen molar-refractivity contribution in [2.24, 2.45) is 0 Å². The predicted molar refractivity (Wildman–Crippen MR) is 77.8 cm³/mol. The number of hydrogen-bond donors (Lipinski definition) is 1. The van der Waals surface area contributed by atoms with Crippen molar-refractivity contribution >= 4 is 17.2 Å². The number of likely N-dealkylation sites (N-methyl/N-ethyl adjacent to an activating group) is 1. The van der Waals surface area contributed by atoms with E-state index in [0.29, 0.717) is 11.5 Å². The van der Waals surface area contributed by atoms with Gasteiger partial charge in [-0.1, -0.05) is 6.07 Å². The molecule has 2 aromatic rings. The Morgan fingerprint density at radius 2 is 2.50 bits per heavy atom. The molecule has 106 valence electrons. The molecule has 3 rings (SSSR count). The Balaban J connectivity index is 1.73. The summed E-state index contributed by atoms with van der Waals surface area (Å²) in [6.07, 6.45) is 3.46. The van der Waals surface area contributed by atoms with Gasteiger partial charge in [-0.2, -0.15) is 0 Å². The molecule has 0 aromatic carbocycles. The van der Waals surface area contributed by atoms with E-state index in [1.54, 1.807) is 0 Å². The zero-order chi connectivity index (χ0) is 13.9. The summed E-state index contributed by atoms with van der Waals surface area (Å²) in [7, 11) is 2.07. The van der Waals surface area contributed by atoms with Crippen LogP contribution in [0.15, 0.2) is 28.3 Å². The molecule has 5 nitrogen and oxygen atoms in total. The van der Waals surface area contributed by atoms with Crippen molar-refractivity contribution in [3.63, 3.8) is 0 Å². The van der Waals surface area contributed by atoms with Crippen LogP contribution in [-0.4, -0.2) is 42.0 Å². The fourth-order valence-electron chi connectivity index (χ4n) is 2.53. The minimum Gasteiger partial charge on any atom is -0.442 e. The molecule has 1 amide bonds. The van der Waals surface area contributed by atoms with Crippen LogP contribution in [0.3, 0.4) is 0 Å². The van der Waals surface area contributed by atoms with Gasteiger partial charge in [0.15, 0.2) is 17.8 Å². The third kappa shape index (κ3) is 2.76. The largest absolute Gasteiger partial charge is 0.442 e. The predicted octanol–water partition coefficient (Wildman–Crippen LogP) is 2.23. The third-order valence-corrected chi connectivity index (χ3v) is 4.36. The van der Waals surface area contributed by atoms with Gasteiger partial charge in [-0.15, -0.1) is 11.3 Å². The average Bonchev–Trinajstić information content (AvgIpc) is 3.09. The number of hydrogen-bond acceptors (Lipinski definition) is 5. The zero-order valence-electron chi connectivity index (χ0n) is 11.3. The van der Waals surface area contributed by atoms with E-state index in [-0.39, 0.29) is 11.9 Å². The molecular formula is C14H17N3O2S. The van der Waals surface area contributed by atoms with Crippen LogP contribution >= 0.6 is 11.3 Å². The monoisotopic (exact) mass is 291 g/mol. The lowest BCUT2D eigenvalue weighted by Gasteiger charge is -2.29. The Hall–Kier alpha value is -1.66. The highest BCUT2D eigenvalue weighted by molar-refractivity contribution is 7.13. The highest BCUT2D eigenvalue weighted by Gasteiger charge is 2.24. The maximum absolute atomic E-state index is 12.3. The van der Waals surface area contributed by atoms with Crippen LogP contribution in [0.25, 0.3) is 10.6 Å². The van der Waals surface area contributed by atoms with Crippen LogP contribution in [0.5, 0.6) is 0 Å². The van der Waals surface area contributed by atoms with Crippen LogP contribution in [-0.2, 0) is 0 Å².